The summed E-state index contributed by atoms with van der Waals surface area (Å²) in [7, 11) is 0. The van der Waals surface area contributed by atoms with Gasteiger partial charge in [-0.25, -0.2) is 4.39 Å². The van der Waals surface area contributed by atoms with Gasteiger partial charge in [-0.15, -0.1) is 0 Å². The van der Waals surface area contributed by atoms with Gasteiger partial charge in [0.1, 0.15) is 5.82 Å². The van der Waals surface area contributed by atoms with Crippen LogP contribution in [0.2, 0.25) is 0 Å². The molecule has 2 rings (SSSR count). The van der Waals surface area contributed by atoms with E-state index in [1.807, 2.05) is 6.92 Å². The molecule has 0 heterocycles. The van der Waals surface area contributed by atoms with Crippen molar-refractivity contribution in [1.82, 2.24) is 5.32 Å². The molecule has 0 spiro atoms. The summed E-state index contributed by atoms with van der Waals surface area (Å²) in [5.41, 5.74) is 0.436. The SMILES string of the molecule is CCC1CCC(O)(CNC(C)c2ccc(F)c(Br)c2)CC1. The van der Waals surface area contributed by atoms with E-state index >= 15 is 0 Å². The molecule has 0 aromatic heterocycles. The highest BCUT2D eigenvalue weighted by molar-refractivity contribution is 9.10. The van der Waals surface area contributed by atoms with E-state index < -0.39 is 5.60 Å². The van der Waals surface area contributed by atoms with Gasteiger partial charge in [-0.2, -0.15) is 0 Å². The van der Waals surface area contributed by atoms with E-state index in [2.05, 4.69) is 28.2 Å². The molecule has 1 aliphatic carbocycles. The van der Waals surface area contributed by atoms with Crippen LogP contribution in [0.15, 0.2) is 22.7 Å². The molecule has 1 aliphatic rings. The van der Waals surface area contributed by atoms with E-state index in [0.717, 1.165) is 37.2 Å². The van der Waals surface area contributed by atoms with Crippen molar-refractivity contribution in [3.63, 3.8) is 0 Å². The topological polar surface area (TPSA) is 32.3 Å². The van der Waals surface area contributed by atoms with Gasteiger partial charge in [-0.1, -0.05) is 19.4 Å². The Morgan fingerprint density at radius 2 is 2.10 bits per heavy atom. The largest absolute Gasteiger partial charge is 0.389 e. The first kappa shape index (κ1) is 16.9. The van der Waals surface area contributed by atoms with Gasteiger partial charge < -0.3 is 10.4 Å². The Morgan fingerprint density at radius 3 is 2.67 bits per heavy atom. The summed E-state index contributed by atoms with van der Waals surface area (Å²) < 4.78 is 13.7. The number of aliphatic hydroxyl groups is 1. The Balaban J connectivity index is 1.88. The molecule has 1 fully saturated rings. The molecule has 0 radical (unpaired) electrons. The molecule has 0 aliphatic heterocycles. The zero-order chi connectivity index (χ0) is 15.5. The minimum atomic E-state index is -0.586. The molecule has 2 nitrogen and oxygen atoms in total. The predicted octanol–water partition coefficient (Wildman–Crippen LogP) is 4.57. The number of nitrogens with one attached hydrogen (secondary N) is 1. The minimum absolute atomic E-state index is 0.0924. The van der Waals surface area contributed by atoms with Crippen LogP contribution in [0.3, 0.4) is 0 Å². The van der Waals surface area contributed by atoms with Crippen molar-refractivity contribution >= 4 is 15.9 Å². The second kappa shape index (κ2) is 7.21. The molecule has 1 atom stereocenters. The Morgan fingerprint density at radius 1 is 1.43 bits per heavy atom. The van der Waals surface area contributed by atoms with Crippen molar-refractivity contribution < 1.29 is 9.50 Å². The van der Waals surface area contributed by atoms with Crippen LogP contribution in [0.1, 0.15) is 57.6 Å². The fourth-order valence-corrected chi connectivity index (χ4v) is 3.44. The fraction of sp³-hybridized carbons (Fsp3) is 0.647. The number of rotatable bonds is 5. The monoisotopic (exact) mass is 357 g/mol. The zero-order valence-electron chi connectivity index (χ0n) is 12.8. The summed E-state index contributed by atoms with van der Waals surface area (Å²) in [5, 5.41) is 14.0. The molecular formula is C17H25BrFNO. The maximum Gasteiger partial charge on any atom is 0.137 e. The molecule has 1 unspecified atom stereocenters. The van der Waals surface area contributed by atoms with Crippen molar-refractivity contribution in [1.29, 1.82) is 0 Å². The van der Waals surface area contributed by atoms with E-state index in [-0.39, 0.29) is 11.9 Å². The summed E-state index contributed by atoms with van der Waals surface area (Å²) in [5.74, 6) is 0.526. The first-order valence-corrected chi connectivity index (χ1v) is 8.63. The molecule has 2 N–H and O–H groups in total. The van der Waals surface area contributed by atoms with Crippen LogP contribution in [0.25, 0.3) is 0 Å². The summed E-state index contributed by atoms with van der Waals surface area (Å²) in [4.78, 5) is 0. The summed E-state index contributed by atoms with van der Waals surface area (Å²) in [6, 6.07) is 5.15. The number of hydrogen-bond acceptors (Lipinski definition) is 2. The molecule has 0 bridgehead atoms. The molecule has 4 heteroatoms. The molecule has 21 heavy (non-hydrogen) atoms. The molecule has 1 aromatic carbocycles. The minimum Gasteiger partial charge on any atom is -0.389 e. The molecule has 0 saturated heterocycles. The van der Waals surface area contributed by atoms with Crippen LogP contribution in [-0.4, -0.2) is 17.3 Å². The Hall–Kier alpha value is -0.450. The average molecular weight is 358 g/mol. The van der Waals surface area contributed by atoms with Gasteiger partial charge >= 0.3 is 0 Å². The van der Waals surface area contributed by atoms with Crippen LogP contribution in [-0.2, 0) is 0 Å². The highest BCUT2D eigenvalue weighted by Gasteiger charge is 2.32. The molecule has 1 aromatic rings. The maximum atomic E-state index is 13.3. The number of hydrogen-bond donors (Lipinski definition) is 2. The smallest absolute Gasteiger partial charge is 0.137 e. The van der Waals surface area contributed by atoms with Gasteiger partial charge in [0, 0.05) is 12.6 Å². The van der Waals surface area contributed by atoms with Crippen molar-refractivity contribution in [2.45, 2.75) is 57.6 Å². The van der Waals surface area contributed by atoms with E-state index in [1.165, 1.54) is 12.5 Å². The van der Waals surface area contributed by atoms with Gasteiger partial charge in [-0.3, -0.25) is 0 Å². The number of halogens is 2. The van der Waals surface area contributed by atoms with E-state index in [4.69, 9.17) is 0 Å². The van der Waals surface area contributed by atoms with Crippen molar-refractivity contribution in [3.8, 4) is 0 Å². The standard InChI is InChI=1S/C17H25BrFNO/c1-3-13-6-8-17(21,9-7-13)11-20-12(2)14-4-5-16(19)15(18)10-14/h4-5,10,12-13,20-21H,3,6-9,11H2,1-2H3. The van der Waals surface area contributed by atoms with Crippen molar-refractivity contribution in [2.75, 3.05) is 6.54 Å². The van der Waals surface area contributed by atoms with Crippen LogP contribution in [0.5, 0.6) is 0 Å². The number of benzene rings is 1. The van der Waals surface area contributed by atoms with Gasteiger partial charge in [0.2, 0.25) is 0 Å². The Kier molecular flexibility index (Phi) is 5.81. The van der Waals surface area contributed by atoms with Crippen LogP contribution in [0, 0.1) is 11.7 Å². The Bertz CT molecular complexity index is 472. The summed E-state index contributed by atoms with van der Waals surface area (Å²) in [6.45, 7) is 4.86. The van der Waals surface area contributed by atoms with Gasteiger partial charge in [0.25, 0.3) is 0 Å². The van der Waals surface area contributed by atoms with Gasteiger partial charge in [-0.05, 0) is 72.2 Å². The molecular weight excluding hydrogens is 333 g/mol. The van der Waals surface area contributed by atoms with E-state index in [0.29, 0.717) is 11.0 Å². The fourth-order valence-electron chi connectivity index (χ4n) is 3.04. The van der Waals surface area contributed by atoms with Crippen LogP contribution >= 0.6 is 15.9 Å². The van der Waals surface area contributed by atoms with Gasteiger partial charge in [0.15, 0.2) is 0 Å². The lowest BCUT2D eigenvalue weighted by Gasteiger charge is -2.36. The third kappa shape index (κ3) is 4.51. The maximum absolute atomic E-state index is 13.3. The molecule has 0 amide bonds. The lowest BCUT2D eigenvalue weighted by molar-refractivity contribution is -0.0103. The average Bonchev–Trinajstić information content (AvgIpc) is 2.48. The van der Waals surface area contributed by atoms with Crippen LogP contribution < -0.4 is 5.32 Å². The normalized spacial score (nSPS) is 27.6. The third-order valence-electron chi connectivity index (χ3n) is 4.79. The van der Waals surface area contributed by atoms with E-state index in [9.17, 15) is 9.50 Å². The first-order chi connectivity index (χ1) is 9.93. The van der Waals surface area contributed by atoms with Crippen molar-refractivity contribution in [3.05, 3.63) is 34.1 Å². The van der Waals surface area contributed by atoms with Gasteiger partial charge in [0.05, 0.1) is 10.1 Å². The molecule has 118 valence electrons. The quantitative estimate of drug-likeness (QED) is 0.808. The summed E-state index contributed by atoms with van der Waals surface area (Å²) >= 11 is 3.21. The second-order valence-electron chi connectivity index (χ2n) is 6.35. The second-order valence-corrected chi connectivity index (χ2v) is 7.21. The van der Waals surface area contributed by atoms with Crippen LogP contribution in [0.4, 0.5) is 4.39 Å². The predicted molar refractivity (Wildman–Crippen MR) is 87.7 cm³/mol. The zero-order valence-corrected chi connectivity index (χ0v) is 14.4. The summed E-state index contributed by atoms with van der Waals surface area (Å²) in [6.07, 6.45) is 5.19. The van der Waals surface area contributed by atoms with E-state index in [1.54, 1.807) is 12.1 Å². The Labute approximate surface area is 135 Å². The highest BCUT2D eigenvalue weighted by Crippen LogP contribution is 2.33. The highest BCUT2D eigenvalue weighted by atomic mass is 79.9. The lowest BCUT2D eigenvalue weighted by atomic mass is 9.77. The first-order valence-electron chi connectivity index (χ1n) is 7.84. The third-order valence-corrected chi connectivity index (χ3v) is 5.40. The van der Waals surface area contributed by atoms with Crippen molar-refractivity contribution in [2.24, 2.45) is 5.92 Å². The lowest BCUT2D eigenvalue weighted by Crippen LogP contribution is -2.44. The molecule has 1 saturated carbocycles.